The summed E-state index contributed by atoms with van der Waals surface area (Å²) in [5, 5.41) is 3.40. The lowest BCUT2D eigenvalue weighted by molar-refractivity contribution is -0.212. The Bertz CT molecular complexity index is 1090. The van der Waals surface area contributed by atoms with Crippen molar-refractivity contribution in [1.29, 1.82) is 0 Å². The topological polar surface area (TPSA) is 58.6 Å². The predicted molar refractivity (Wildman–Crippen MR) is 166 cm³/mol. The molecular formula is C36H60N2O3. The van der Waals surface area contributed by atoms with E-state index in [-0.39, 0.29) is 44.6 Å². The van der Waals surface area contributed by atoms with Gasteiger partial charge in [-0.1, -0.05) is 60.1 Å². The minimum Gasteiger partial charge on any atom is -0.462 e. The molecule has 5 aliphatic carbocycles. The van der Waals surface area contributed by atoms with Crippen LogP contribution in [0.5, 0.6) is 0 Å². The van der Waals surface area contributed by atoms with Crippen LogP contribution in [-0.2, 0) is 14.3 Å². The third kappa shape index (κ3) is 4.65. The maximum Gasteiger partial charge on any atom is 0.302 e. The minimum atomic E-state index is -0.262. The van der Waals surface area contributed by atoms with Crippen molar-refractivity contribution in [3.05, 3.63) is 11.6 Å². The summed E-state index contributed by atoms with van der Waals surface area (Å²) < 4.78 is 5.93. The van der Waals surface area contributed by atoms with Crippen molar-refractivity contribution in [2.24, 2.45) is 50.2 Å². The Morgan fingerprint density at radius 3 is 2.27 bits per heavy atom. The number of nitrogens with one attached hydrogen (secondary N) is 1. The molecule has 0 aromatic carbocycles. The van der Waals surface area contributed by atoms with E-state index in [1.807, 2.05) is 0 Å². The van der Waals surface area contributed by atoms with Crippen LogP contribution in [0.3, 0.4) is 0 Å². The van der Waals surface area contributed by atoms with E-state index in [1.54, 1.807) is 12.5 Å². The van der Waals surface area contributed by atoms with Crippen LogP contribution in [0, 0.1) is 50.2 Å². The molecule has 0 bridgehead atoms. The number of carbonyl (C=O) groups excluding carboxylic acids is 2. The summed E-state index contributed by atoms with van der Waals surface area (Å²) in [4.78, 5) is 28.2. The van der Waals surface area contributed by atoms with Crippen LogP contribution in [0.1, 0.15) is 120 Å². The number of nitrogens with zero attached hydrogens (tertiary/aromatic N) is 1. The van der Waals surface area contributed by atoms with Crippen LogP contribution in [-0.4, -0.2) is 50.1 Å². The van der Waals surface area contributed by atoms with Crippen molar-refractivity contribution in [2.45, 2.75) is 126 Å². The minimum absolute atomic E-state index is 0.0125. The normalized spacial score (nSPS) is 44.4. The van der Waals surface area contributed by atoms with Crippen LogP contribution in [0.25, 0.3) is 0 Å². The van der Waals surface area contributed by atoms with E-state index < -0.39 is 0 Å². The van der Waals surface area contributed by atoms with Crippen LogP contribution < -0.4 is 5.32 Å². The Kier molecular flexibility index (Phi) is 7.65. The average molecular weight is 569 g/mol. The molecule has 8 atom stereocenters. The highest BCUT2D eigenvalue weighted by atomic mass is 16.5. The molecule has 0 saturated heterocycles. The van der Waals surface area contributed by atoms with Gasteiger partial charge >= 0.3 is 5.97 Å². The van der Waals surface area contributed by atoms with Gasteiger partial charge in [0.15, 0.2) is 0 Å². The zero-order valence-electron chi connectivity index (χ0n) is 28.0. The summed E-state index contributed by atoms with van der Waals surface area (Å²) in [6.07, 6.45) is 13.7. The highest BCUT2D eigenvalue weighted by molar-refractivity contribution is 5.84. The van der Waals surface area contributed by atoms with Crippen molar-refractivity contribution >= 4 is 11.9 Å². The van der Waals surface area contributed by atoms with E-state index in [4.69, 9.17) is 4.74 Å². The summed E-state index contributed by atoms with van der Waals surface area (Å²) in [5.74, 6) is 1.67. The molecule has 0 aromatic heterocycles. The largest absolute Gasteiger partial charge is 0.462 e. The van der Waals surface area contributed by atoms with Crippen LogP contribution in [0.4, 0.5) is 0 Å². The molecule has 5 heteroatoms. The van der Waals surface area contributed by atoms with E-state index in [0.717, 1.165) is 64.5 Å². The van der Waals surface area contributed by atoms with Gasteiger partial charge in [0.05, 0.1) is 5.41 Å². The first-order chi connectivity index (χ1) is 18.9. The molecule has 5 nitrogen and oxygen atoms in total. The standard InChI is InChI=1S/C36H60N2O3/c1-24(39)41-29-14-15-33(6)27(32(29,4)5)13-16-35(8)28(33)12-11-25-26-23-31(2,3)17-19-36(26,20-18-34(25,35)7)30(40)37-21-22-38(9)10/h11,26-29H,12-23H2,1-10H3,(H,37,40)/t26-,27-,28-,29+,33-,34+,35-,36+/m1/s1. The molecule has 4 saturated carbocycles. The molecule has 232 valence electrons. The fourth-order valence-corrected chi connectivity index (χ4v) is 11.6. The Morgan fingerprint density at radius 2 is 1.61 bits per heavy atom. The van der Waals surface area contributed by atoms with E-state index >= 15 is 0 Å². The number of esters is 1. The molecule has 1 N–H and O–H groups in total. The smallest absolute Gasteiger partial charge is 0.302 e. The third-order valence-corrected chi connectivity index (χ3v) is 14.2. The summed E-state index contributed by atoms with van der Waals surface area (Å²) in [6, 6.07) is 0. The lowest BCUT2D eigenvalue weighted by Crippen LogP contribution is -2.65. The molecular weight excluding hydrogens is 508 g/mol. The second-order valence-electron chi connectivity index (χ2n) is 17.4. The first-order valence-electron chi connectivity index (χ1n) is 16.7. The van der Waals surface area contributed by atoms with Gasteiger partial charge in [0.1, 0.15) is 6.10 Å². The average Bonchev–Trinajstić information content (AvgIpc) is 2.85. The van der Waals surface area contributed by atoms with Gasteiger partial charge in [0, 0.05) is 25.4 Å². The Hall–Kier alpha value is -1.36. The molecule has 0 radical (unpaired) electrons. The van der Waals surface area contributed by atoms with Gasteiger partial charge in [-0.25, -0.2) is 0 Å². The zero-order valence-corrected chi connectivity index (χ0v) is 28.0. The predicted octanol–water partition coefficient (Wildman–Crippen LogP) is 7.40. The molecule has 0 aromatic rings. The van der Waals surface area contributed by atoms with Gasteiger partial charge < -0.3 is 15.0 Å². The number of hydrogen-bond acceptors (Lipinski definition) is 4. The molecule has 41 heavy (non-hydrogen) atoms. The third-order valence-electron chi connectivity index (χ3n) is 14.2. The fourth-order valence-electron chi connectivity index (χ4n) is 11.6. The second-order valence-corrected chi connectivity index (χ2v) is 17.4. The lowest BCUT2D eigenvalue weighted by atomic mass is 9.33. The second kappa shape index (κ2) is 10.1. The summed E-state index contributed by atoms with van der Waals surface area (Å²) >= 11 is 0. The molecule has 0 spiro atoms. The molecule has 4 fully saturated rings. The zero-order chi connectivity index (χ0) is 30.2. The number of carbonyl (C=O) groups is 2. The summed E-state index contributed by atoms with van der Waals surface area (Å²) in [5.41, 5.74) is 2.16. The maximum atomic E-state index is 14.1. The van der Waals surface area contributed by atoms with Gasteiger partial charge in [-0.2, -0.15) is 0 Å². The summed E-state index contributed by atoms with van der Waals surface area (Å²) in [6.45, 7) is 20.6. The first kappa shape index (κ1) is 31.1. The number of amides is 1. The highest BCUT2D eigenvalue weighted by Gasteiger charge is 2.69. The van der Waals surface area contributed by atoms with E-state index in [9.17, 15) is 9.59 Å². The summed E-state index contributed by atoms with van der Waals surface area (Å²) in [7, 11) is 4.15. The highest BCUT2D eigenvalue weighted by Crippen LogP contribution is 2.75. The van der Waals surface area contributed by atoms with Crippen molar-refractivity contribution in [3.63, 3.8) is 0 Å². The lowest BCUT2D eigenvalue weighted by Gasteiger charge is -2.71. The van der Waals surface area contributed by atoms with Crippen LogP contribution in [0.2, 0.25) is 0 Å². The van der Waals surface area contributed by atoms with Gasteiger partial charge in [-0.3, -0.25) is 9.59 Å². The van der Waals surface area contributed by atoms with Crippen molar-refractivity contribution < 1.29 is 14.3 Å². The number of likely N-dealkylation sites (N-methyl/N-ethyl adjacent to an activating group) is 1. The monoisotopic (exact) mass is 568 g/mol. The van der Waals surface area contributed by atoms with Gasteiger partial charge in [0.25, 0.3) is 0 Å². The molecule has 5 rings (SSSR count). The Labute approximate surface area is 251 Å². The number of ether oxygens (including phenoxy) is 1. The van der Waals surface area contributed by atoms with Crippen LogP contribution in [0.15, 0.2) is 11.6 Å². The number of hydrogen-bond donors (Lipinski definition) is 1. The van der Waals surface area contributed by atoms with Crippen molar-refractivity contribution in [2.75, 3.05) is 27.2 Å². The van der Waals surface area contributed by atoms with Crippen molar-refractivity contribution in [1.82, 2.24) is 10.2 Å². The molecule has 1 amide bonds. The van der Waals surface area contributed by atoms with Gasteiger partial charge in [-0.05, 0) is 118 Å². The number of rotatable bonds is 5. The molecule has 0 heterocycles. The molecule has 5 aliphatic rings. The number of fused-ring (bicyclic) bond motifs is 7. The van der Waals surface area contributed by atoms with Gasteiger partial charge in [-0.15, -0.1) is 0 Å². The first-order valence-corrected chi connectivity index (χ1v) is 16.7. The van der Waals surface area contributed by atoms with Gasteiger partial charge in [0.2, 0.25) is 5.91 Å². The molecule has 0 aliphatic heterocycles. The number of allylic oxidation sites excluding steroid dienone is 2. The Morgan fingerprint density at radius 1 is 0.927 bits per heavy atom. The quantitative estimate of drug-likeness (QED) is 0.277. The SMILES string of the molecule is CC(=O)O[C@H]1CC[C@]2(C)[C@H](CC[C@]3(C)[C@@H]2CC=C2[C@H]4CC(C)(C)CC[C@]4(C(=O)NCCN(C)C)CC[C@@]23C)C1(C)C. The van der Waals surface area contributed by atoms with E-state index in [1.165, 1.54) is 12.8 Å². The van der Waals surface area contributed by atoms with E-state index in [0.29, 0.717) is 23.7 Å². The van der Waals surface area contributed by atoms with Crippen LogP contribution >= 0.6 is 0 Å². The van der Waals surface area contributed by atoms with E-state index in [2.05, 4.69) is 78.9 Å². The Balaban J connectivity index is 1.50. The fraction of sp³-hybridized carbons (Fsp3) is 0.889. The maximum absolute atomic E-state index is 14.1. The molecule has 0 unspecified atom stereocenters. The van der Waals surface area contributed by atoms with Crippen molar-refractivity contribution in [3.8, 4) is 0 Å².